The van der Waals surface area contributed by atoms with Gasteiger partial charge in [0.2, 0.25) is 0 Å². The highest BCUT2D eigenvalue weighted by molar-refractivity contribution is 7.90. The molecule has 2 N–H and O–H groups in total. The van der Waals surface area contributed by atoms with Gasteiger partial charge in [-0.1, -0.05) is 6.07 Å². The van der Waals surface area contributed by atoms with Crippen molar-refractivity contribution >= 4 is 15.5 Å². The van der Waals surface area contributed by atoms with Crippen LogP contribution in [0.2, 0.25) is 0 Å². The standard InChI is InChI=1S/C13H12FNO3S/c1-19(16,17)11-4-2-3-10(8-11)18-13-6-5-9(14)7-12(13)15/h2-8H,15H2,1H3. The number of sulfone groups is 1. The molecular formula is C13H12FNO3S. The van der Waals surface area contributed by atoms with Gasteiger partial charge in [-0.25, -0.2) is 12.8 Å². The smallest absolute Gasteiger partial charge is 0.175 e. The molecular weight excluding hydrogens is 269 g/mol. The molecule has 0 amide bonds. The Labute approximate surface area is 110 Å². The molecule has 0 bridgehead atoms. The van der Waals surface area contributed by atoms with E-state index in [1.165, 1.54) is 24.3 Å². The highest BCUT2D eigenvalue weighted by Gasteiger charge is 2.09. The van der Waals surface area contributed by atoms with Gasteiger partial charge in [0.15, 0.2) is 15.6 Å². The van der Waals surface area contributed by atoms with E-state index in [4.69, 9.17) is 10.5 Å². The number of nitrogen functional groups attached to an aromatic ring is 1. The van der Waals surface area contributed by atoms with Gasteiger partial charge < -0.3 is 10.5 Å². The van der Waals surface area contributed by atoms with Crippen LogP contribution in [0.4, 0.5) is 10.1 Å². The first kappa shape index (κ1) is 13.4. The van der Waals surface area contributed by atoms with Gasteiger partial charge in [0.1, 0.15) is 11.6 Å². The van der Waals surface area contributed by atoms with Crippen molar-refractivity contribution in [2.24, 2.45) is 0 Å². The summed E-state index contributed by atoms with van der Waals surface area (Å²) in [5.74, 6) is 0.128. The molecule has 0 heterocycles. The number of nitrogens with two attached hydrogens (primary N) is 1. The largest absolute Gasteiger partial charge is 0.455 e. The summed E-state index contributed by atoms with van der Waals surface area (Å²) in [5.41, 5.74) is 5.75. The zero-order chi connectivity index (χ0) is 14.0. The molecule has 0 aliphatic heterocycles. The lowest BCUT2D eigenvalue weighted by molar-refractivity contribution is 0.481. The van der Waals surface area contributed by atoms with Crippen molar-refractivity contribution in [2.75, 3.05) is 12.0 Å². The van der Waals surface area contributed by atoms with Crippen LogP contribution in [0, 0.1) is 5.82 Å². The average Bonchev–Trinajstić information content (AvgIpc) is 2.32. The zero-order valence-electron chi connectivity index (χ0n) is 10.1. The Hall–Kier alpha value is -2.08. The lowest BCUT2D eigenvalue weighted by Gasteiger charge is -2.09. The van der Waals surface area contributed by atoms with Crippen LogP contribution in [-0.2, 0) is 9.84 Å². The normalized spacial score (nSPS) is 11.3. The summed E-state index contributed by atoms with van der Waals surface area (Å²) in [5, 5.41) is 0. The third-order valence-corrected chi connectivity index (χ3v) is 3.54. The molecule has 0 aliphatic carbocycles. The minimum Gasteiger partial charge on any atom is -0.455 e. The van der Waals surface area contributed by atoms with E-state index in [1.54, 1.807) is 12.1 Å². The lowest BCUT2D eigenvalue weighted by Crippen LogP contribution is -1.98. The second-order valence-electron chi connectivity index (χ2n) is 4.03. The van der Waals surface area contributed by atoms with E-state index in [0.29, 0.717) is 5.75 Å². The quantitative estimate of drug-likeness (QED) is 0.878. The van der Waals surface area contributed by atoms with Gasteiger partial charge in [-0.2, -0.15) is 0 Å². The molecule has 4 nitrogen and oxygen atoms in total. The maximum absolute atomic E-state index is 12.9. The Kier molecular flexibility index (Phi) is 3.44. The van der Waals surface area contributed by atoms with Crippen molar-refractivity contribution in [3.63, 3.8) is 0 Å². The van der Waals surface area contributed by atoms with E-state index in [0.717, 1.165) is 12.3 Å². The van der Waals surface area contributed by atoms with Crippen LogP contribution in [-0.4, -0.2) is 14.7 Å². The van der Waals surface area contributed by atoms with Crippen LogP contribution in [0.25, 0.3) is 0 Å². The molecule has 0 fully saturated rings. The van der Waals surface area contributed by atoms with E-state index >= 15 is 0 Å². The lowest BCUT2D eigenvalue weighted by atomic mass is 10.3. The number of ether oxygens (including phenoxy) is 1. The molecule has 2 aromatic carbocycles. The van der Waals surface area contributed by atoms with E-state index in [2.05, 4.69) is 0 Å². The monoisotopic (exact) mass is 281 g/mol. The van der Waals surface area contributed by atoms with Gasteiger partial charge in [-0.05, 0) is 30.3 Å². The summed E-state index contributed by atoms with van der Waals surface area (Å²) in [6, 6.07) is 9.75. The summed E-state index contributed by atoms with van der Waals surface area (Å²) in [6.45, 7) is 0. The van der Waals surface area contributed by atoms with Gasteiger partial charge in [0.25, 0.3) is 0 Å². The molecule has 0 atom stereocenters. The average molecular weight is 281 g/mol. The highest BCUT2D eigenvalue weighted by Crippen LogP contribution is 2.29. The Morgan fingerprint density at radius 2 is 1.89 bits per heavy atom. The fraction of sp³-hybridized carbons (Fsp3) is 0.0769. The molecule has 0 unspecified atom stereocenters. The van der Waals surface area contributed by atoms with Crippen LogP contribution in [0.1, 0.15) is 0 Å². The summed E-state index contributed by atoms with van der Waals surface area (Å²) >= 11 is 0. The van der Waals surface area contributed by atoms with Crippen LogP contribution in [0.5, 0.6) is 11.5 Å². The summed E-state index contributed by atoms with van der Waals surface area (Å²) in [7, 11) is -3.31. The third kappa shape index (κ3) is 3.23. The fourth-order valence-corrected chi connectivity index (χ4v) is 2.16. The molecule has 0 aromatic heterocycles. The molecule has 2 rings (SSSR count). The molecule has 2 aromatic rings. The van der Waals surface area contributed by atoms with Crippen molar-refractivity contribution in [3.8, 4) is 11.5 Å². The first-order valence-corrected chi connectivity index (χ1v) is 7.28. The van der Waals surface area contributed by atoms with E-state index in [1.807, 2.05) is 0 Å². The Morgan fingerprint density at radius 3 is 2.53 bits per heavy atom. The van der Waals surface area contributed by atoms with E-state index in [-0.39, 0.29) is 16.3 Å². The summed E-state index contributed by atoms with van der Waals surface area (Å²) in [6.07, 6.45) is 1.11. The highest BCUT2D eigenvalue weighted by atomic mass is 32.2. The number of benzene rings is 2. The zero-order valence-corrected chi connectivity index (χ0v) is 10.9. The number of rotatable bonds is 3. The van der Waals surface area contributed by atoms with Crippen molar-refractivity contribution in [2.45, 2.75) is 4.90 Å². The van der Waals surface area contributed by atoms with E-state index in [9.17, 15) is 12.8 Å². The predicted molar refractivity (Wildman–Crippen MR) is 70.4 cm³/mol. The predicted octanol–water partition coefficient (Wildman–Crippen LogP) is 2.60. The second kappa shape index (κ2) is 4.89. The van der Waals surface area contributed by atoms with Gasteiger partial charge in [0.05, 0.1) is 10.6 Å². The molecule has 0 saturated carbocycles. The molecule has 6 heteroatoms. The number of halogens is 1. The van der Waals surface area contributed by atoms with Crippen LogP contribution >= 0.6 is 0 Å². The molecule has 19 heavy (non-hydrogen) atoms. The number of hydrogen-bond acceptors (Lipinski definition) is 4. The maximum Gasteiger partial charge on any atom is 0.175 e. The fourth-order valence-electron chi connectivity index (χ4n) is 1.51. The first-order chi connectivity index (χ1) is 8.86. The van der Waals surface area contributed by atoms with Gasteiger partial charge >= 0.3 is 0 Å². The van der Waals surface area contributed by atoms with Crippen LogP contribution in [0.3, 0.4) is 0 Å². The topological polar surface area (TPSA) is 69.4 Å². The van der Waals surface area contributed by atoms with Crippen molar-refractivity contribution < 1.29 is 17.5 Å². The Morgan fingerprint density at radius 1 is 1.16 bits per heavy atom. The van der Waals surface area contributed by atoms with Crippen molar-refractivity contribution in [3.05, 3.63) is 48.3 Å². The van der Waals surface area contributed by atoms with Gasteiger partial charge in [0, 0.05) is 12.3 Å². The molecule has 0 saturated heterocycles. The van der Waals surface area contributed by atoms with Crippen LogP contribution < -0.4 is 10.5 Å². The van der Waals surface area contributed by atoms with E-state index < -0.39 is 15.7 Å². The van der Waals surface area contributed by atoms with Gasteiger partial charge in [-0.15, -0.1) is 0 Å². The summed E-state index contributed by atoms with van der Waals surface area (Å²) < 4.78 is 41.2. The first-order valence-electron chi connectivity index (χ1n) is 5.39. The Balaban J connectivity index is 2.34. The number of anilines is 1. The third-order valence-electron chi connectivity index (χ3n) is 2.43. The van der Waals surface area contributed by atoms with Crippen molar-refractivity contribution in [1.82, 2.24) is 0 Å². The minimum atomic E-state index is -3.31. The second-order valence-corrected chi connectivity index (χ2v) is 6.05. The maximum atomic E-state index is 12.9. The minimum absolute atomic E-state index is 0.143. The molecule has 0 spiro atoms. The van der Waals surface area contributed by atoms with Crippen LogP contribution in [0.15, 0.2) is 47.4 Å². The molecule has 0 radical (unpaired) electrons. The molecule has 100 valence electrons. The van der Waals surface area contributed by atoms with Gasteiger partial charge in [-0.3, -0.25) is 0 Å². The number of hydrogen-bond donors (Lipinski definition) is 1. The summed E-state index contributed by atoms with van der Waals surface area (Å²) in [4.78, 5) is 0.144. The Bertz CT molecular complexity index is 714. The molecule has 0 aliphatic rings. The SMILES string of the molecule is CS(=O)(=O)c1cccc(Oc2ccc(F)cc2N)c1. The van der Waals surface area contributed by atoms with Crippen molar-refractivity contribution in [1.29, 1.82) is 0 Å².